The first kappa shape index (κ1) is 12.8. The van der Waals surface area contributed by atoms with Crippen molar-refractivity contribution >= 4 is 17.5 Å². The largest absolute Gasteiger partial charge is 0.481 e. The van der Waals surface area contributed by atoms with Crippen molar-refractivity contribution in [2.24, 2.45) is 5.84 Å². The van der Waals surface area contributed by atoms with Gasteiger partial charge < -0.3 is 4.74 Å². The van der Waals surface area contributed by atoms with Crippen molar-refractivity contribution in [2.75, 3.05) is 0 Å². The van der Waals surface area contributed by atoms with Crippen molar-refractivity contribution < 1.29 is 9.53 Å². The third-order valence-corrected chi connectivity index (χ3v) is 2.59. The summed E-state index contributed by atoms with van der Waals surface area (Å²) in [7, 11) is 0. The molecule has 0 bridgehead atoms. The molecule has 0 heterocycles. The van der Waals surface area contributed by atoms with E-state index in [9.17, 15) is 4.79 Å². The minimum absolute atomic E-state index is 0.368. The number of amides is 1. The first-order valence-corrected chi connectivity index (χ1v) is 5.41. The number of rotatable bonds is 4. The lowest BCUT2D eigenvalue weighted by Crippen LogP contribution is -2.40. The predicted octanol–water partition coefficient (Wildman–Crippen LogP) is 1.66. The van der Waals surface area contributed by atoms with E-state index in [1.54, 1.807) is 19.1 Å². The van der Waals surface area contributed by atoms with E-state index in [1.807, 2.05) is 18.4 Å². The van der Waals surface area contributed by atoms with Crippen molar-refractivity contribution in [3.05, 3.63) is 28.8 Å². The maximum Gasteiger partial charge on any atom is 0.274 e. The highest BCUT2D eigenvalue weighted by atomic mass is 35.5. The lowest BCUT2D eigenvalue weighted by atomic mass is 10.1. The number of nitrogens with one attached hydrogen (secondary N) is 1. The SMILES string of the molecule is CCc1cc(OC(C)C(=O)NN)ccc1Cl. The Bertz CT molecular complexity index is 382. The fraction of sp³-hybridized carbons (Fsp3) is 0.364. The number of hydrogen-bond donors (Lipinski definition) is 2. The lowest BCUT2D eigenvalue weighted by molar-refractivity contribution is -0.127. The highest BCUT2D eigenvalue weighted by Gasteiger charge is 2.13. The molecule has 16 heavy (non-hydrogen) atoms. The standard InChI is InChI=1S/C11H15ClN2O2/c1-3-8-6-9(4-5-10(8)12)16-7(2)11(15)14-13/h4-7H,3,13H2,1-2H3,(H,14,15). The molecule has 88 valence electrons. The average molecular weight is 243 g/mol. The minimum Gasteiger partial charge on any atom is -0.481 e. The molecule has 0 aliphatic rings. The second-order valence-electron chi connectivity index (χ2n) is 3.38. The normalized spacial score (nSPS) is 12.0. The highest BCUT2D eigenvalue weighted by molar-refractivity contribution is 6.31. The van der Waals surface area contributed by atoms with E-state index in [2.05, 4.69) is 0 Å². The van der Waals surface area contributed by atoms with Gasteiger partial charge in [0.1, 0.15) is 5.75 Å². The number of halogens is 1. The zero-order chi connectivity index (χ0) is 12.1. The summed E-state index contributed by atoms with van der Waals surface area (Å²) in [6, 6.07) is 5.30. The molecular weight excluding hydrogens is 228 g/mol. The van der Waals surface area contributed by atoms with Crippen LogP contribution in [0.1, 0.15) is 19.4 Å². The molecule has 0 saturated heterocycles. The number of hydrazine groups is 1. The second kappa shape index (κ2) is 5.72. The summed E-state index contributed by atoms with van der Waals surface area (Å²) in [5.41, 5.74) is 3.02. The summed E-state index contributed by atoms with van der Waals surface area (Å²) < 4.78 is 5.41. The zero-order valence-electron chi connectivity index (χ0n) is 9.29. The van der Waals surface area contributed by atoms with Crippen molar-refractivity contribution in [1.29, 1.82) is 0 Å². The summed E-state index contributed by atoms with van der Waals surface area (Å²) >= 11 is 5.97. The molecule has 0 radical (unpaired) electrons. The van der Waals surface area contributed by atoms with Crippen LogP contribution in [0.3, 0.4) is 0 Å². The van der Waals surface area contributed by atoms with Gasteiger partial charge in [-0.15, -0.1) is 0 Å². The van der Waals surface area contributed by atoms with Gasteiger partial charge in [-0.25, -0.2) is 5.84 Å². The van der Waals surface area contributed by atoms with Gasteiger partial charge in [0.2, 0.25) is 0 Å². The molecule has 0 spiro atoms. The lowest BCUT2D eigenvalue weighted by Gasteiger charge is -2.14. The van der Waals surface area contributed by atoms with Crippen LogP contribution < -0.4 is 16.0 Å². The maximum absolute atomic E-state index is 11.2. The van der Waals surface area contributed by atoms with Gasteiger partial charge in [0.15, 0.2) is 6.10 Å². The first-order valence-electron chi connectivity index (χ1n) is 5.04. The van der Waals surface area contributed by atoms with E-state index >= 15 is 0 Å². The summed E-state index contributed by atoms with van der Waals surface area (Å²) in [6.45, 7) is 3.63. The number of aryl methyl sites for hydroxylation is 1. The Balaban J connectivity index is 2.78. The number of carbonyl (C=O) groups excluding carboxylic acids is 1. The molecule has 0 aromatic heterocycles. The Morgan fingerprint density at radius 2 is 2.31 bits per heavy atom. The number of carbonyl (C=O) groups is 1. The van der Waals surface area contributed by atoms with Crippen LogP contribution in [0.4, 0.5) is 0 Å². The molecule has 1 aromatic rings. The van der Waals surface area contributed by atoms with Gasteiger partial charge in [-0.05, 0) is 37.1 Å². The van der Waals surface area contributed by atoms with Crippen LogP contribution >= 0.6 is 11.6 Å². The van der Waals surface area contributed by atoms with Crippen molar-refractivity contribution in [1.82, 2.24) is 5.43 Å². The maximum atomic E-state index is 11.2. The van der Waals surface area contributed by atoms with Gasteiger partial charge >= 0.3 is 0 Å². The third-order valence-electron chi connectivity index (χ3n) is 2.22. The molecule has 1 atom stereocenters. The summed E-state index contributed by atoms with van der Waals surface area (Å²) in [4.78, 5) is 11.2. The molecular formula is C11H15ClN2O2. The van der Waals surface area contributed by atoms with E-state index in [4.69, 9.17) is 22.2 Å². The van der Waals surface area contributed by atoms with Crippen LogP contribution in [-0.4, -0.2) is 12.0 Å². The Labute approximate surface area is 99.7 Å². The molecule has 0 fully saturated rings. The number of ether oxygens (including phenoxy) is 1. The molecule has 0 aliphatic heterocycles. The van der Waals surface area contributed by atoms with Crippen LogP contribution in [0.15, 0.2) is 18.2 Å². The fourth-order valence-corrected chi connectivity index (χ4v) is 1.52. The van der Waals surface area contributed by atoms with Crippen molar-refractivity contribution in [3.63, 3.8) is 0 Å². The summed E-state index contributed by atoms with van der Waals surface area (Å²) in [6.07, 6.45) is 0.184. The second-order valence-corrected chi connectivity index (χ2v) is 3.78. The zero-order valence-corrected chi connectivity index (χ0v) is 10.0. The van der Waals surface area contributed by atoms with Crippen LogP contribution in [0.25, 0.3) is 0 Å². The van der Waals surface area contributed by atoms with Gasteiger partial charge in [0, 0.05) is 5.02 Å². The average Bonchev–Trinajstić information content (AvgIpc) is 2.30. The van der Waals surface area contributed by atoms with Gasteiger partial charge in [-0.1, -0.05) is 18.5 Å². The molecule has 0 aliphatic carbocycles. The Morgan fingerprint density at radius 1 is 1.62 bits per heavy atom. The van der Waals surface area contributed by atoms with E-state index in [1.165, 1.54) is 0 Å². The molecule has 0 saturated carbocycles. The van der Waals surface area contributed by atoms with Gasteiger partial charge in [0.25, 0.3) is 5.91 Å². The summed E-state index contributed by atoms with van der Waals surface area (Å²) in [5.74, 6) is 5.25. The van der Waals surface area contributed by atoms with Crippen LogP contribution in [-0.2, 0) is 11.2 Å². The van der Waals surface area contributed by atoms with Crippen molar-refractivity contribution in [2.45, 2.75) is 26.4 Å². The minimum atomic E-state index is -0.629. The smallest absolute Gasteiger partial charge is 0.274 e. The van der Waals surface area contributed by atoms with Gasteiger partial charge in [-0.3, -0.25) is 10.2 Å². The van der Waals surface area contributed by atoms with Crippen molar-refractivity contribution in [3.8, 4) is 5.75 Å². The van der Waals surface area contributed by atoms with Crippen LogP contribution in [0.5, 0.6) is 5.75 Å². The van der Waals surface area contributed by atoms with Crippen LogP contribution in [0.2, 0.25) is 5.02 Å². The molecule has 1 aromatic carbocycles. The third kappa shape index (κ3) is 3.12. The Kier molecular flexibility index (Phi) is 4.58. The van der Waals surface area contributed by atoms with E-state index in [-0.39, 0.29) is 5.91 Å². The summed E-state index contributed by atoms with van der Waals surface area (Å²) in [5, 5.41) is 0.700. The highest BCUT2D eigenvalue weighted by Crippen LogP contribution is 2.23. The Morgan fingerprint density at radius 3 is 2.88 bits per heavy atom. The molecule has 1 unspecified atom stereocenters. The molecule has 3 N–H and O–H groups in total. The predicted molar refractivity (Wildman–Crippen MR) is 63.3 cm³/mol. The number of hydrogen-bond acceptors (Lipinski definition) is 3. The molecule has 1 rings (SSSR count). The molecule has 5 heteroatoms. The van der Waals surface area contributed by atoms with E-state index in [0.29, 0.717) is 10.8 Å². The topological polar surface area (TPSA) is 64.3 Å². The van der Waals surface area contributed by atoms with Crippen LogP contribution in [0, 0.1) is 0 Å². The van der Waals surface area contributed by atoms with E-state index < -0.39 is 6.10 Å². The van der Waals surface area contributed by atoms with Gasteiger partial charge in [-0.2, -0.15) is 0 Å². The first-order chi connectivity index (χ1) is 7.58. The van der Waals surface area contributed by atoms with E-state index in [0.717, 1.165) is 12.0 Å². The molecule has 4 nitrogen and oxygen atoms in total. The quantitative estimate of drug-likeness (QED) is 0.480. The van der Waals surface area contributed by atoms with Gasteiger partial charge in [0.05, 0.1) is 0 Å². The Hall–Kier alpha value is -1.26. The number of nitrogens with two attached hydrogens (primary N) is 1. The monoisotopic (exact) mass is 242 g/mol. The fourth-order valence-electron chi connectivity index (χ4n) is 1.27. The molecule has 1 amide bonds. The number of benzene rings is 1.